The average Bonchev–Trinajstić information content (AvgIpc) is 2.23. The van der Waals surface area contributed by atoms with Crippen LogP contribution in [0.5, 0.6) is 0 Å². The van der Waals surface area contributed by atoms with Crippen molar-refractivity contribution in [1.29, 1.82) is 0 Å². The van der Waals surface area contributed by atoms with Crippen LogP contribution in [0.3, 0.4) is 0 Å². The molecule has 0 unspecified atom stereocenters. The standard InChI is InChI=1S/C12H19ClN2/c1-4-15(5-2)12-7-6-11(13)8-10(12)9-14-3/h6-8,14H,4-5,9H2,1-3H3. The molecule has 0 amide bonds. The lowest BCUT2D eigenvalue weighted by molar-refractivity contribution is 0.796. The summed E-state index contributed by atoms with van der Waals surface area (Å²) in [5, 5.41) is 3.97. The van der Waals surface area contributed by atoms with Crippen LogP contribution in [0.2, 0.25) is 5.02 Å². The zero-order chi connectivity index (χ0) is 11.3. The molecule has 3 heteroatoms. The first kappa shape index (κ1) is 12.3. The number of nitrogens with zero attached hydrogens (tertiary/aromatic N) is 1. The summed E-state index contributed by atoms with van der Waals surface area (Å²) in [6.07, 6.45) is 0. The predicted molar refractivity (Wildman–Crippen MR) is 67.8 cm³/mol. The number of halogens is 1. The lowest BCUT2D eigenvalue weighted by Gasteiger charge is -2.24. The molecular formula is C12H19ClN2. The fraction of sp³-hybridized carbons (Fsp3) is 0.500. The minimum absolute atomic E-state index is 0.802. The van der Waals surface area contributed by atoms with Crippen molar-refractivity contribution in [3.8, 4) is 0 Å². The SMILES string of the molecule is CCN(CC)c1ccc(Cl)cc1CNC. The molecule has 0 fully saturated rings. The van der Waals surface area contributed by atoms with E-state index >= 15 is 0 Å². The van der Waals surface area contributed by atoms with Crippen molar-refractivity contribution < 1.29 is 0 Å². The molecule has 0 spiro atoms. The molecule has 0 aliphatic carbocycles. The van der Waals surface area contributed by atoms with Crippen LogP contribution in [0.1, 0.15) is 19.4 Å². The van der Waals surface area contributed by atoms with E-state index in [1.54, 1.807) is 0 Å². The maximum atomic E-state index is 6.00. The van der Waals surface area contributed by atoms with E-state index in [9.17, 15) is 0 Å². The molecule has 0 saturated carbocycles. The molecule has 0 aromatic heterocycles. The number of nitrogens with one attached hydrogen (secondary N) is 1. The van der Waals surface area contributed by atoms with E-state index in [4.69, 9.17) is 11.6 Å². The molecule has 0 aliphatic heterocycles. The number of hydrogen-bond donors (Lipinski definition) is 1. The first-order chi connectivity index (χ1) is 7.22. The van der Waals surface area contributed by atoms with Crippen molar-refractivity contribution in [3.05, 3.63) is 28.8 Å². The summed E-state index contributed by atoms with van der Waals surface area (Å²) >= 11 is 6.00. The number of hydrogen-bond acceptors (Lipinski definition) is 2. The minimum Gasteiger partial charge on any atom is -0.372 e. The third-order valence-corrected chi connectivity index (χ3v) is 2.75. The summed E-state index contributed by atoms with van der Waals surface area (Å²) in [6.45, 7) is 7.23. The summed E-state index contributed by atoms with van der Waals surface area (Å²) in [7, 11) is 1.95. The van der Waals surface area contributed by atoms with Gasteiger partial charge in [0.2, 0.25) is 0 Å². The van der Waals surface area contributed by atoms with Crippen LogP contribution in [-0.4, -0.2) is 20.1 Å². The molecule has 15 heavy (non-hydrogen) atoms. The van der Waals surface area contributed by atoms with Crippen LogP contribution in [0.4, 0.5) is 5.69 Å². The maximum Gasteiger partial charge on any atom is 0.0412 e. The van der Waals surface area contributed by atoms with Gasteiger partial charge in [-0.15, -0.1) is 0 Å². The Morgan fingerprint density at radius 1 is 1.27 bits per heavy atom. The predicted octanol–water partition coefficient (Wildman–Crippen LogP) is 2.91. The zero-order valence-electron chi connectivity index (χ0n) is 9.68. The first-order valence-electron chi connectivity index (χ1n) is 5.40. The third kappa shape index (κ3) is 3.11. The Morgan fingerprint density at radius 2 is 1.93 bits per heavy atom. The van der Waals surface area contributed by atoms with Crippen molar-refractivity contribution in [2.24, 2.45) is 0 Å². The molecule has 0 atom stereocenters. The Labute approximate surface area is 97.2 Å². The van der Waals surface area contributed by atoms with Gasteiger partial charge < -0.3 is 10.2 Å². The summed E-state index contributed by atoms with van der Waals surface area (Å²) in [5.74, 6) is 0. The van der Waals surface area contributed by atoms with Crippen molar-refractivity contribution >= 4 is 17.3 Å². The minimum atomic E-state index is 0.802. The van der Waals surface area contributed by atoms with Crippen molar-refractivity contribution in [2.75, 3.05) is 25.0 Å². The Morgan fingerprint density at radius 3 is 2.47 bits per heavy atom. The maximum absolute atomic E-state index is 6.00. The second kappa shape index (κ2) is 5.99. The third-order valence-electron chi connectivity index (χ3n) is 2.51. The summed E-state index contributed by atoms with van der Waals surface area (Å²) in [6, 6.07) is 6.09. The molecular weight excluding hydrogens is 208 g/mol. The van der Waals surface area contributed by atoms with E-state index in [2.05, 4.69) is 30.1 Å². The fourth-order valence-corrected chi connectivity index (χ4v) is 1.95. The summed E-state index contributed by atoms with van der Waals surface area (Å²) in [5.41, 5.74) is 2.53. The number of anilines is 1. The molecule has 0 saturated heterocycles. The number of rotatable bonds is 5. The van der Waals surface area contributed by atoms with Gasteiger partial charge in [-0.05, 0) is 44.7 Å². The fourth-order valence-electron chi connectivity index (χ4n) is 1.76. The van der Waals surface area contributed by atoms with E-state index in [1.165, 1.54) is 11.3 Å². The zero-order valence-corrected chi connectivity index (χ0v) is 10.4. The van der Waals surface area contributed by atoms with Crippen LogP contribution in [0.15, 0.2) is 18.2 Å². The van der Waals surface area contributed by atoms with Gasteiger partial charge in [-0.2, -0.15) is 0 Å². The van der Waals surface area contributed by atoms with Gasteiger partial charge in [-0.1, -0.05) is 11.6 Å². The lowest BCUT2D eigenvalue weighted by Crippen LogP contribution is -2.24. The van der Waals surface area contributed by atoms with Gasteiger partial charge in [0, 0.05) is 30.3 Å². The second-order valence-corrected chi connectivity index (χ2v) is 3.91. The quantitative estimate of drug-likeness (QED) is 0.831. The Hall–Kier alpha value is -0.730. The molecule has 0 aliphatic rings. The van der Waals surface area contributed by atoms with Crippen molar-refractivity contribution in [3.63, 3.8) is 0 Å². The molecule has 1 aromatic carbocycles. The van der Waals surface area contributed by atoms with E-state index in [0.29, 0.717) is 0 Å². The lowest BCUT2D eigenvalue weighted by atomic mass is 10.1. The smallest absolute Gasteiger partial charge is 0.0412 e. The van der Waals surface area contributed by atoms with E-state index in [1.807, 2.05) is 19.2 Å². The summed E-state index contributed by atoms with van der Waals surface area (Å²) in [4.78, 5) is 2.34. The highest BCUT2D eigenvalue weighted by molar-refractivity contribution is 6.30. The van der Waals surface area contributed by atoms with E-state index in [-0.39, 0.29) is 0 Å². The van der Waals surface area contributed by atoms with Gasteiger partial charge in [0.1, 0.15) is 0 Å². The van der Waals surface area contributed by atoms with Crippen LogP contribution in [0, 0.1) is 0 Å². The first-order valence-corrected chi connectivity index (χ1v) is 5.78. The molecule has 1 rings (SSSR count). The summed E-state index contributed by atoms with van der Waals surface area (Å²) < 4.78 is 0. The average molecular weight is 227 g/mol. The van der Waals surface area contributed by atoms with Crippen LogP contribution < -0.4 is 10.2 Å². The second-order valence-electron chi connectivity index (χ2n) is 3.48. The van der Waals surface area contributed by atoms with Gasteiger partial charge in [0.15, 0.2) is 0 Å². The Kier molecular flexibility index (Phi) is 4.92. The molecule has 84 valence electrons. The topological polar surface area (TPSA) is 15.3 Å². The van der Waals surface area contributed by atoms with Gasteiger partial charge in [0.05, 0.1) is 0 Å². The molecule has 1 aromatic rings. The van der Waals surface area contributed by atoms with E-state index < -0.39 is 0 Å². The molecule has 2 nitrogen and oxygen atoms in total. The highest BCUT2D eigenvalue weighted by Crippen LogP contribution is 2.24. The monoisotopic (exact) mass is 226 g/mol. The highest BCUT2D eigenvalue weighted by atomic mass is 35.5. The Bertz CT molecular complexity index is 308. The molecule has 0 bridgehead atoms. The Balaban J connectivity index is 3.03. The largest absolute Gasteiger partial charge is 0.372 e. The van der Waals surface area contributed by atoms with Gasteiger partial charge in [-0.3, -0.25) is 0 Å². The molecule has 1 N–H and O–H groups in total. The molecule has 0 radical (unpaired) electrons. The normalized spacial score (nSPS) is 10.4. The van der Waals surface area contributed by atoms with Crippen LogP contribution in [-0.2, 0) is 6.54 Å². The molecule has 0 heterocycles. The van der Waals surface area contributed by atoms with Crippen molar-refractivity contribution in [2.45, 2.75) is 20.4 Å². The van der Waals surface area contributed by atoms with Gasteiger partial charge in [-0.25, -0.2) is 0 Å². The van der Waals surface area contributed by atoms with Crippen LogP contribution >= 0.6 is 11.6 Å². The van der Waals surface area contributed by atoms with Crippen molar-refractivity contribution in [1.82, 2.24) is 5.32 Å². The highest BCUT2D eigenvalue weighted by Gasteiger charge is 2.07. The van der Waals surface area contributed by atoms with E-state index in [0.717, 1.165) is 24.7 Å². The van der Waals surface area contributed by atoms with Crippen LogP contribution in [0.25, 0.3) is 0 Å². The van der Waals surface area contributed by atoms with Gasteiger partial charge >= 0.3 is 0 Å². The number of benzene rings is 1. The van der Waals surface area contributed by atoms with Gasteiger partial charge in [0.25, 0.3) is 0 Å².